The van der Waals surface area contributed by atoms with E-state index in [-0.39, 0.29) is 10.6 Å². The Morgan fingerprint density at radius 3 is 2.60 bits per heavy atom. The molecule has 1 atom stereocenters. The number of carbonyl (C=O) groups excluding carboxylic acids is 1. The summed E-state index contributed by atoms with van der Waals surface area (Å²) in [7, 11) is -3.56. The third-order valence-electron chi connectivity index (χ3n) is 4.49. The number of halogens is 1. The minimum absolute atomic E-state index is 0.0977. The zero-order valence-electron chi connectivity index (χ0n) is 15.9. The fourth-order valence-electron chi connectivity index (χ4n) is 2.88. The number of rotatable bonds is 7. The molecular formula is C18H19FN4O5S2. The second-order valence-electron chi connectivity index (χ2n) is 6.62. The molecule has 0 radical (unpaired) electrons. The summed E-state index contributed by atoms with van der Waals surface area (Å²) < 4.78 is 39.9. The van der Waals surface area contributed by atoms with E-state index in [1.807, 2.05) is 0 Å². The highest BCUT2D eigenvalue weighted by Crippen LogP contribution is 2.26. The molecule has 2 heterocycles. The summed E-state index contributed by atoms with van der Waals surface area (Å²) in [4.78, 5) is 26.5. The number of thioether (sulfide) groups is 1. The molecule has 1 saturated heterocycles. The maximum Gasteiger partial charge on any atom is 0.306 e. The highest BCUT2D eigenvalue weighted by atomic mass is 32.2. The Bertz CT molecular complexity index is 1060. The van der Waals surface area contributed by atoms with Crippen LogP contribution in [0.25, 0.3) is 0 Å². The molecule has 3 rings (SSSR count). The van der Waals surface area contributed by atoms with Gasteiger partial charge in [0.1, 0.15) is 4.90 Å². The van der Waals surface area contributed by atoms with E-state index in [4.69, 9.17) is 0 Å². The molecule has 160 valence electrons. The number of pyridine rings is 1. The van der Waals surface area contributed by atoms with E-state index in [2.05, 4.69) is 10.3 Å². The molecule has 1 amide bonds. The standard InChI is InChI=1S/C18H19FN4O5S2/c1-12(18(24)21-13-4-6-15(19)16(10-13)23(25)26)29-17-7-5-14(11-20-17)30(27,28)22-8-2-3-9-22/h4-7,10-12H,2-3,8-9H2,1H3,(H,21,24). The second-order valence-corrected chi connectivity index (χ2v) is 9.91. The van der Waals surface area contributed by atoms with Crippen LogP contribution in [0.5, 0.6) is 0 Å². The molecule has 1 aliphatic heterocycles. The Kier molecular flexibility index (Phi) is 6.68. The van der Waals surface area contributed by atoms with Gasteiger partial charge in [0.15, 0.2) is 0 Å². The number of hydrogen-bond donors (Lipinski definition) is 1. The average molecular weight is 455 g/mol. The van der Waals surface area contributed by atoms with Crippen LogP contribution in [-0.4, -0.2) is 46.9 Å². The molecule has 0 aliphatic carbocycles. The summed E-state index contributed by atoms with van der Waals surface area (Å²) >= 11 is 1.10. The van der Waals surface area contributed by atoms with E-state index in [1.54, 1.807) is 6.92 Å². The van der Waals surface area contributed by atoms with Crippen LogP contribution in [-0.2, 0) is 14.8 Å². The van der Waals surface area contributed by atoms with Crippen molar-refractivity contribution >= 4 is 39.1 Å². The first-order valence-electron chi connectivity index (χ1n) is 9.06. The summed E-state index contributed by atoms with van der Waals surface area (Å²) in [5.74, 6) is -1.45. The monoisotopic (exact) mass is 454 g/mol. The Morgan fingerprint density at radius 1 is 1.30 bits per heavy atom. The van der Waals surface area contributed by atoms with Crippen LogP contribution in [0.1, 0.15) is 19.8 Å². The number of sulfonamides is 1. The number of aromatic nitrogens is 1. The molecule has 1 fully saturated rings. The number of anilines is 1. The maximum atomic E-state index is 13.4. The van der Waals surface area contributed by atoms with Crippen LogP contribution in [0.4, 0.5) is 15.8 Å². The largest absolute Gasteiger partial charge is 0.325 e. The molecule has 30 heavy (non-hydrogen) atoms. The third-order valence-corrected chi connectivity index (χ3v) is 7.42. The molecule has 0 saturated carbocycles. The second kappa shape index (κ2) is 9.06. The topological polar surface area (TPSA) is 123 Å². The number of amides is 1. The predicted octanol–water partition coefficient (Wildman–Crippen LogP) is 3.03. The van der Waals surface area contributed by atoms with Gasteiger partial charge in [-0.15, -0.1) is 0 Å². The minimum Gasteiger partial charge on any atom is -0.325 e. The normalized spacial score (nSPS) is 15.7. The van der Waals surface area contributed by atoms with Gasteiger partial charge in [0.2, 0.25) is 21.7 Å². The van der Waals surface area contributed by atoms with Crippen molar-refractivity contribution in [2.75, 3.05) is 18.4 Å². The first-order chi connectivity index (χ1) is 14.2. The van der Waals surface area contributed by atoms with Gasteiger partial charge in [0.25, 0.3) is 0 Å². The van der Waals surface area contributed by atoms with Crippen molar-refractivity contribution < 1.29 is 22.5 Å². The highest BCUT2D eigenvalue weighted by molar-refractivity contribution is 8.00. The number of nitro groups is 1. The number of nitrogens with zero attached hydrogens (tertiary/aromatic N) is 3. The van der Waals surface area contributed by atoms with E-state index in [0.29, 0.717) is 18.1 Å². The van der Waals surface area contributed by atoms with Gasteiger partial charge < -0.3 is 5.32 Å². The lowest BCUT2D eigenvalue weighted by Crippen LogP contribution is -2.28. The van der Waals surface area contributed by atoms with Gasteiger partial charge in [0, 0.05) is 31.0 Å². The molecule has 0 bridgehead atoms. The van der Waals surface area contributed by atoms with Crippen molar-refractivity contribution in [3.05, 3.63) is 52.5 Å². The molecule has 1 aromatic carbocycles. The Labute approximate surface area is 176 Å². The Morgan fingerprint density at radius 2 is 2.00 bits per heavy atom. The van der Waals surface area contributed by atoms with Crippen LogP contribution in [0.15, 0.2) is 46.5 Å². The zero-order chi connectivity index (χ0) is 21.9. The smallest absolute Gasteiger partial charge is 0.306 e. The van der Waals surface area contributed by atoms with Crippen LogP contribution < -0.4 is 5.32 Å². The van der Waals surface area contributed by atoms with Gasteiger partial charge in [-0.1, -0.05) is 11.8 Å². The first-order valence-corrected chi connectivity index (χ1v) is 11.4. The zero-order valence-corrected chi connectivity index (χ0v) is 17.6. The van der Waals surface area contributed by atoms with E-state index < -0.39 is 37.6 Å². The fourth-order valence-corrected chi connectivity index (χ4v) is 5.13. The van der Waals surface area contributed by atoms with Crippen molar-refractivity contribution in [1.82, 2.24) is 9.29 Å². The first kappa shape index (κ1) is 22.1. The molecule has 1 aliphatic rings. The Hall–Kier alpha value is -2.57. The van der Waals surface area contributed by atoms with E-state index >= 15 is 0 Å². The summed E-state index contributed by atoms with van der Waals surface area (Å²) in [6.07, 6.45) is 2.94. The number of hydrogen-bond acceptors (Lipinski definition) is 7. The van der Waals surface area contributed by atoms with Crippen molar-refractivity contribution in [2.24, 2.45) is 0 Å². The molecule has 1 N–H and O–H groups in total. The van der Waals surface area contributed by atoms with E-state index in [0.717, 1.165) is 36.7 Å². The van der Waals surface area contributed by atoms with Crippen molar-refractivity contribution in [2.45, 2.75) is 34.9 Å². The average Bonchev–Trinajstić information content (AvgIpc) is 3.25. The number of carbonyl (C=O) groups is 1. The number of nitro benzene ring substituents is 1. The molecule has 2 aromatic rings. The SMILES string of the molecule is CC(Sc1ccc(S(=O)(=O)N2CCCC2)cn1)C(=O)Nc1ccc(F)c([N+](=O)[O-])c1. The van der Waals surface area contributed by atoms with Crippen molar-refractivity contribution in [3.8, 4) is 0 Å². The lowest BCUT2D eigenvalue weighted by molar-refractivity contribution is -0.387. The molecule has 12 heteroatoms. The lowest BCUT2D eigenvalue weighted by Gasteiger charge is -2.15. The van der Waals surface area contributed by atoms with E-state index in [9.17, 15) is 27.7 Å². The van der Waals surface area contributed by atoms with Crippen LogP contribution in [0.3, 0.4) is 0 Å². The molecule has 0 spiro atoms. The quantitative estimate of drug-likeness (QED) is 0.387. The molecular weight excluding hydrogens is 435 g/mol. The van der Waals surface area contributed by atoms with Gasteiger partial charge in [-0.3, -0.25) is 14.9 Å². The van der Waals surface area contributed by atoms with Crippen LogP contribution >= 0.6 is 11.8 Å². The van der Waals surface area contributed by atoms with Gasteiger partial charge in [-0.2, -0.15) is 8.70 Å². The van der Waals surface area contributed by atoms with Crippen molar-refractivity contribution in [3.63, 3.8) is 0 Å². The van der Waals surface area contributed by atoms with Crippen LogP contribution in [0, 0.1) is 15.9 Å². The molecule has 9 nitrogen and oxygen atoms in total. The molecule has 1 unspecified atom stereocenters. The summed E-state index contributed by atoms with van der Waals surface area (Å²) in [6, 6.07) is 6.07. The van der Waals surface area contributed by atoms with E-state index in [1.165, 1.54) is 28.7 Å². The van der Waals surface area contributed by atoms with Crippen molar-refractivity contribution in [1.29, 1.82) is 0 Å². The fraction of sp³-hybridized carbons (Fsp3) is 0.333. The lowest BCUT2D eigenvalue weighted by atomic mass is 10.2. The van der Waals surface area contributed by atoms with Gasteiger partial charge in [0.05, 0.1) is 15.2 Å². The van der Waals surface area contributed by atoms with Crippen LogP contribution in [0.2, 0.25) is 0 Å². The van der Waals surface area contributed by atoms with Gasteiger partial charge in [-0.25, -0.2) is 13.4 Å². The van der Waals surface area contributed by atoms with Gasteiger partial charge in [-0.05, 0) is 44.0 Å². The van der Waals surface area contributed by atoms with Gasteiger partial charge >= 0.3 is 5.69 Å². The maximum absolute atomic E-state index is 13.4. The minimum atomic E-state index is -3.56. The highest BCUT2D eigenvalue weighted by Gasteiger charge is 2.27. The summed E-state index contributed by atoms with van der Waals surface area (Å²) in [6.45, 7) is 2.60. The number of nitrogens with one attached hydrogen (secondary N) is 1. The Balaban J connectivity index is 1.64. The summed E-state index contributed by atoms with van der Waals surface area (Å²) in [5, 5.41) is 13.1. The summed E-state index contributed by atoms with van der Waals surface area (Å²) in [5.41, 5.74) is -0.634. The predicted molar refractivity (Wildman–Crippen MR) is 109 cm³/mol. The number of benzene rings is 1. The third kappa shape index (κ3) is 4.94. The molecule has 1 aromatic heterocycles.